The lowest BCUT2D eigenvalue weighted by molar-refractivity contribution is 0.450. The maximum atomic E-state index is 5.03. The molecule has 0 aromatic carbocycles. The van der Waals surface area contributed by atoms with Crippen LogP contribution in [-0.4, -0.2) is 5.16 Å². The second kappa shape index (κ2) is 1.83. The van der Waals surface area contributed by atoms with Crippen molar-refractivity contribution in [2.75, 3.05) is 0 Å². The monoisotopic (exact) mass is 153 g/mol. The van der Waals surface area contributed by atoms with Gasteiger partial charge >= 0.3 is 0 Å². The lowest BCUT2D eigenvalue weighted by atomic mass is 10.4. The Morgan fingerprint density at radius 2 is 2.30 bits per heavy atom. The second-order valence-electron chi connectivity index (χ2n) is 2.32. The van der Waals surface area contributed by atoms with E-state index in [2.05, 4.69) is 12.1 Å². The Bertz CT molecular complexity index is 360. The number of fused-ring (bicyclic) bond motifs is 1. The van der Waals surface area contributed by atoms with Gasteiger partial charge in [-0.15, -0.1) is 11.3 Å². The van der Waals surface area contributed by atoms with Gasteiger partial charge in [-0.25, -0.2) is 0 Å². The first-order valence-electron chi connectivity index (χ1n) is 3.10. The van der Waals surface area contributed by atoms with E-state index in [0.717, 1.165) is 11.3 Å². The number of hydrogen-bond donors (Lipinski definition) is 0. The second-order valence-corrected chi connectivity index (χ2v) is 3.57. The van der Waals surface area contributed by atoms with Gasteiger partial charge in [0.1, 0.15) is 0 Å². The van der Waals surface area contributed by atoms with E-state index < -0.39 is 0 Å². The summed E-state index contributed by atoms with van der Waals surface area (Å²) in [5.41, 5.74) is 1.91. The third kappa shape index (κ3) is 0.671. The largest absolute Gasteiger partial charge is 0.355 e. The van der Waals surface area contributed by atoms with Gasteiger partial charge in [0.05, 0.1) is 10.4 Å². The van der Waals surface area contributed by atoms with Gasteiger partial charge in [-0.1, -0.05) is 5.16 Å². The van der Waals surface area contributed by atoms with Crippen LogP contribution in [0.1, 0.15) is 10.6 Å². The Hall–Kier alpha value is -0.830. The first kappa shape index (κ1) is 5.92. The molecule has 2 nitrogen and oxygen atoms in total. The van der Waals surface area contributed by atoms with Crippen molar-refractivity contribution in [3.8, 4) is 0 Å². The lowest BCUT2D eigenvalue weighted by Gasteiger charge is -1.74. The van der Waals surface area contributed by atoms with E-state index in [4.69, 9.17) is 4.52 Å². The predicted molar refractivity (Wildman–Crippen MR) is 41.4 cm³/mol. The molecule has 0 amide bonds. The fourth-order valence-corrected chi connectivity index (χ4v) is 1.84. The molecule has 0 unspecified atom stereocenters. The average molecular weight is 153 g/mol. The van der Waals surface area contributed by atoms with Crippen LogP contribution in [0.5, 0.6) is 0 Å². The van der Waals surface area contributed by atoms with Gasteiger partial charge in [-0.2, -0.15) is 0 Å². The van der Waals surface area contributed by atoms with Crippen LogP contribution in [0.2, 0.25) is 0 Å². The summed E-state index contributed by atoms with van der Waals surface area (Å²) >= 11 is 1.73. The molecule has 0 N–H and O–H groups in total. The van der Waals surface area contributed by atoms with E-state index in [9.17, 15) is 0 Å². The minimum Gasteiger partial charge on any atom is -0.355 e. The Morgan fingerprint density at radius 3 is 3.00 bits per heavy atom. The molecule has 0 saturated heterocycles. The standard InChI is InChI=1S/C7H7NOS/c1-4-3-6-7(10-4)5(2)8-9-6/h3H,1-2H3. The highest BCUT2D eigenvalue weighted by Crippen LogP contribution is 2.27. The van der Waals surface area contributed by atoms with E-state index in [1.165, 1.54) is 9.58 Å². The first-order valence-corrected chi connectivity index (χ1v) is 3.91. The van der Waals surface area contributed by atoms with Gasteiger partial charge in [0, 0.05) is 4.88 Å². The van der Waals surface area contributed by atoms with E-state index in [1.54, 1.807) is 11.3 Å². The van der Waals surface area contributed by atoms with Gasteiger partial charge in [-0.3, -0.25) is 0 Å². The molecule has 0 aliphatic rings. The molecule has 2 rings (SSSR count). The first-order chi connectivity index (χ1) is 4.77. The molecule has 2 aromatic rings. The highest BCUT2D eigenvalue weighted by molar-refractivity contribution is 7.19. The number of thiophene rings is 1. The zero-order valence-corrected chi connectivity index (χ0v) is 6.66. The summed E-state index contributed by atoms with van der Waals surface area (Å²) < 4.78 is 6.21. The van der Waals surface area contributed by atoms with Gasteiger partial charge in [0.2, 0.25) is 0 Å². The minimum atomic E-state index is 0.917. The highest BCUT2D eigenvalue weighted by atomic mass is 32.1. The van der Waals surface area contributed by atoms with Gasteiger partial charge in [-0.05, 0) is 19.9 Å². The molecule has 2 heterocycles. The van der Waals surface area contributed by atoms with E-state index >= 15 is 0 Å². The summed E-state index contributed by atoms with van der Waals surface area (Å²) in [6.07, 6.45) is 0. The molecule has 0 spiro atoms. The molecule has 0 radical (unpaired) electrons. The number of aromatic nitrogens is 1. The number of hydrogen-bond acceptors (Lipinski definition) is 3. The molecular formula is C7H7NOS. The maximum absolute atomic E-state index is 5.03. The number of rotatable bonds is 0. The summed E-state index contributed by atoms with van der Waals surface area (Å²) in [7, 11) is 0. The number of nitrogens with zero attached hydrogens (tertiary/aromatic N) is 1. The van der Waals surface area contributed by atoms with E-state index in [-0.39, 0.29) is 0 Å². The molecule has 52 valence electrons. The molecular weight excluding hydrogens is 146 g/mol. The molecule has 2 aromatic heterocycles. The van der Waals surface area contributed by atoms with Crippen LogP contribution < -0.4 is 0 Å². The highest BCUT2D eigenvalue weighted by Gasteiger charge is 2.05. The Kier molecular flexibility index (Phi) is 1.08. The zero-order valence-electron chi connectivity index (χ0n) is 5.84. The summed E-state index contributed by atoms with van der Waals surface area (Å²) in [5.74, 6) is 0. The van der Waals surface area contributed by atoms with Crippen molar-refractivity contribution in [1.82, 2.24) is 5.16 Å². The predicted octanol–water partition coefficient (Wildman–Crippen LogP) is 2.51. The fraction of sp³-hybridized carbons (Fsp3) is 0.286. The van der Waals surface area contributed by atoms with Crippen LogP contribution in [0.3, 0.4) is 0 Å². The van der Waals surface area contributed by atoms with Crippen LogP contribution in [0.15, 0.2) is 10.6 Å². The van der Waals surface area contributed by atoms with Crippen molar-refractivity contribution < 1.29 is 4.52 Å². The van der Waals surface area contributed by atoms with E-state index in [1.807, 2.05) is 13.0 Å². The number of aryl methyl sites for hydroxylation is 2. The average Bonchev–Trinajstić information content (AvgIpc) is 2.35. The molecule has 0 bridgehead atoms. The van der Waals surface area contributed by atoms with Crippen molar-refractivity contribution in [3.63, 3.8) is 0 Å². The van der Waals surface area contributed by atoms with Crippen molar-refractivity contribution >= 4 is 21.6 Å². The summed E-state index contributed by atoms with van der Waals surface area (Å²) in [4.78, 5) is 1.28. The van der Waals surface area contributed by atoms with E-state index in [0.29, 0.717) is 0 Å². The smallest absolute Gasteiger partial charge is 0.178 e. The van der Waals surface area contributed by atoms with Crippen molar-refractivity contribution in [3.05, 3.63) is 16.6 Å². The minimum absolute atomic E-state index is 0.917. The maximum Gasteiger partial charge on any atom is 0.178 e. The molecule has 3 heteroatoms. The summed E-state index contributed by atoms with van der Waals surface area (Å²) in [6.45, 7) is 4.03. The van der Waals surface area contributed by atoms with Crippen molar-refractivity contribution in [1.29, 1.82) is 0 Å². The lowest BCUT2D eigenvalue weighted by Crippen LogP contribution is -1.63. The van der Waals surface area contributed by atoms with Gasteiger partial charge in [0.15, 0.2) is 5.58 Å². The summed E-state index contributed by atoms with van der Waals surface area (Å²) in [6, 6.07) is 2.01. The Morgan fingerprint density at radius 1 is 1.50 bits per heavy atom. The van der Waals surface area contributed by atoms with Crippen molar-refractivity contribution in [2.24, 2.45) is 0 Å². The topological polar surface area (TPSA) is 26.0 Å². The van der Waals surface area contributed by atoms with Crippen LogP contribution >= 0.6 is 11.3 Å². The normalized spacial score (nSPS) is 11.0. The summed E-state index contributed by atoms with van der Waals surface area (Å²) in [5, 5.41) is 3.83. The SMILES string of the molecule is Cc1cc2onc(C)c2s1. The molecule has 0 aliphatic carbocycles. The third-order valence-corrected chi connectivity index (χ3v) is 2.57. The molecule has 0 atom stereocenters. The Balaban J connectivity index is 2.90. The zero-order chi connectivity index (χ0) is 7.14. The van der Waals surface area contributed by atoms with Gasteiger partial charge < -0.3 is 4.52 Å². The fourth-order valence-electron chi connectivity index (χ4n) is 0.970. The molecule has 0 fully saturated rings. The molecule has 0 aliphatic heterocycles. The quantitative estimate of drug-likeness (QED) is 0.581. The van der Waals surface area contributed by atoms with Crippen molar-refractivity contribution in [2.45, 2.75) is 13.8 Å². The van der Waals surface area contributed by atoms with Gasteiger partial charge in [0.25, 0.3) is 0 Å². The van der Waals surface area contributed by atoms with Crippen LogP contribution in [0.4, 0.5) is 0 Å². The van der Waals surface area contributed by atoms with Crippen LogP contribution in [-0.2, 0) is 0 Å². The van der Waals surface area contributed by atoms with Crippen LogP contribution in [0.25, 0.3) is 10.3 Å². The molecule has 10 heavy (non-hydrogen) atoms. The third-order valence-electron chi connectivity index (χ3n) is 1.43. The molecule has 0 saturated carbocycles. The Labute approximate surface area is 62.4 Å². The van der Waals surface area contributed by atoms with Crippen LogP contribution in [0, 0.1) is 13.8 Å².